The molecule has 0 bridgehead atoms. The van der Waals surface area contributed by atoms with Crippen LogP contribution in [0.4, 0.5) is 5.69 Å². The molecule has 0 atom stereocenters. The third kappa shape index (κ3) is 2.09. The number of rotatable bonds is 3. The first-order valence-electron chi connectivity index (χ1n) is 6.95. The molecule has 2 aromatic heterocycles. The SMILES string of the molecule is CCc1c(C=C2C(=O)Nc3ccncc32)[nH]c(C(=O)O)c1C. The summed E-state index contributed by atoms with van der Waals surface area (Å²) in [5.74, 6) is -1.22. The zero-order valence-electron chi connectivity index (χ0n) is 12.2. The van der Waals surface area contributed by atoms with E-state index in [1.54, 1.807) is 31.5 Å². The van der Waals surface area contributed by atoms with Crippen LogP contribution < -0.4 is 5.32 Å². The molecule has 6 nitrogen and oxygen atoms in total. The summed E-state index contributed by atoms with van der Waals surface area (Å²) in [5, 5.41) is 12.0. The first-order chi connectivity index (χ1) is 10.5. The van der Waals surface area contributed by atoms with E-state index in [2.05, 4.69) is 15.3 Å². The minimum atomic E-state index is -1.00. The number of carboxylic acids is 1. The van der Waals surface area contributed by atoms with Gasteiger partial charge in [0.15, 0.2) is 0 Å². The van der Waals surface area contributed by atoms with E-state index in [1.165, 1.54) is 0 Å². The molecule has 3 N–H and O–H groups in total. The molecule has 0 saturated heterocycles. The van der Waals surface area contributed by atoms with Crippen molar-refractivity contribution in [3.05, 3.63) is 46.5 Å². The van der Waals surface area contributed by atoms with E-state index < -0.39 is 5.97 Å². The van der Waals surface area contributed by atoms with Crippen LogP contribution >= 0.6 is 0 Å². The summed E-state index contributed by atoms with van der Waals surface area (Å²) in [6, 6.07) is 1.73. The molecule has 3 rings (SSSR count). The molecule has 0 radical (unpaired) electrons. The molecule has 22 heavy (non-hydrogen) atoms. The van der Waals surface area contributed by atoms with Crippen molar-refractivity contribution in [3.8, 4) is 0 Å². The number of carbonyl (C=O) groups is 2. The van der Waals surface area contributed by atoms with Crippen LogP contribution in [0.5, 0.6) is 0 Å². The number of nitrogens with one attached hydrogen (secondary N) is 2. The summed E-state index contributed by atoms with van der Waals surface area (Å²) < 4.78 is 0. The molecule has 3 heterocycles. The standard InChI is InChI=1S/C16H15N3O3/c1-3-9-8(2)14(16(21)22)18-13(9)6-10-11-7-17-5-4-12(11)19-15(10)20/h4-7,18H,3H2,1-2H3,(H,19,20)(H,21,22). The normalized spacial score (nSPS) is 15.0. The molecule has 1 aliphatic heterocycles. The highest BCUT2D eigenvalue weighted by molar-refractivity contribution is 6.34. The Kier molecular flexibility index (Phi) is 3.29. The zero-order valence-corrected chi connectivity index (χ0v) is 12.2. The number of aromatic nitrogens is 2. The zero-order chi connectivity index (χ0) is 15.9. The molecule has 6 heteroatoms. The van der Waals surface area contributed by atoms with Gasteiger partial charge in [-0.1, -0.05) is 6.92 Å². The van der Waals surface area contributed by atoms with Crippen molar-refractivity contribution >= 4 is 29.2 Å². The van der Waals surface area contributed by atoms with Crippen molar-refractivity contribution < 1.29 is 14.7 Å². The monoisotopic (exact) mass is 297 g/mol. The van der Waals surface area contributed by atoms with Gasteiger partial charge in [-0.25, -0.2) is 4.79 Å². The van der Waals surface area contributed by atoms with Crippen molar-refractivity contribution in [1.29, 1.82) is 0 Å². The third-order valence-electron chi connectivity index (χ3n) is 3.87. The summed E-state index contributed by atoms with van der Waals surface area (Å²) in [5.41, 5.74) is 4.33. The Hall–Kier alpha value is -2.89. The smallest absolute Gasteiger partial charge is 0.352 e. The van der Waals surface area contributed by atoms with Gasteiger partial charge in [0.1, 0.15) is 5.69 Å². The number of H-pyrrole nitrogens is 1. The quantitative estimate of drug-likeness (QED) is 0.758. The number of nitrogens with zero attached hydrogens (tertiary/aromatic N) is 1. The van der Waals surface area contributed by atoms with Crippen LogP contribution in [-0.4, -0.2) is 27.0 Å². The van der Waals surface area contributed by atoms with E-state index in [9.17, 15) is 14.7 Å². The highest BCUT2D eigenvalue weighted by atomic mass is 16.4. The van der Waals surface area contributed by atoms with Gasteiger partial charge >= 0.3 is 5.97 Å². The molecule has 0 aromatic carbocycles. The summed E-state index contributed by atoms with van der Waals surface area (Å²) in [4.78, 5) is 30.3. The van der Waals surface area contributed by atoms with Crippen LogP contribution in [-0.2, 0) is 11.2 Å². The van der Waals surface area contributed by atoms with E-state index in [1.807, 2.05) is 6.92 Å². The lowest BCUT2D eigenvalue weighted by Gasteiger charge is -2.00. The number of hydrogen-bond acceptors (Lipinski definition) is 3. The van der Waals surface area contributed by atoms with Crippen LogP contribution in [0.15, 0.2) is 18.5 Å². The maximum Gasteiger partial charge on any atom is 0.352 e. The summed E-state index contributed by atoms with van der Waals surface area (Å²) in [6.07, 6.45) is 5.61. The number of anilines is 1. The Morgan fingerprint density at radius 1 is 1.45 bits per heavy atom. The van der Waals surface area contributed by atoms with Crippen molar-refractivity contribution in [2.24, 2.45) is 0 Å². The molecule has 0 saturated carbocycles. The largest absolute Gasteiger partial charge is 0.477 e. The predicted octanol–water partition coefficient (Wildman–Crippen LogP) is 2.47. The minimum absolute atomic E-state index is 0.161. The average molecular weight is 297 g/mol. The van der Waals surface area contributed by atoms with E-state index in [-0.39, 0.29) is 11.6 Å². The molecule has 0 unspecified atom stereocenters. The van der Waals surface area contributed by atoms with Gasteiger partial charge in [-0.05, 0) is 36.6 Å². The van der Waals surface area contributed by atoms with Crippen molar-refractivity contribution in [3.63, 3.8) is 0 Å². The first-order valence-corrected chi connectivity index (χ1v) is 6.95. The number of aromatic amines is 1. The summed E-state index contributed by atoms with van der Waals surface area (Å²) in [6.45, 7) is 3.72. The van der Waals surface area contributed by atoms with Crippen molar-refractivity contribution in [1.82, 2.24) is 9.97 Å². The van der Waals surface area contributed by atoms with Crippen LogP contribution in [0.3, 0.4) is 0 Å². The molecule has 1 aliphatic rings. The lowest BCUT2D eigenvalue weighted by Crippen LogP contribution is -2.03. The molecule has 2 aromatic rings. The van der Waals surface area contributed by atoms with Crippen LogP contribution in [0.25, 0.3) is 11.6 Å². The van der Waals surface area contributed by atoms with E-state index >= 15 is 0 Å². The van der Waals surface area contributed by atoms with E-state index in [0.717, 1.165) is 11.1 Å². The van der Waals surface area contributed by atoms with Gasteiger partial charge in [-0.15, -0.1) is 0 Å². The molecular formula is C16H15N3O3. The Bertz CT molecular complexity index is 818. The lowest BCUT2D eigenvalue weighted by atomic mass is 10.0. The predicted molar refractivity (Wildman–Crippen MR) is 82.6 cm³/mol. The van der Waals surface area contributed by atoms with E-state index in [0.29, 0.717) is 28.9 Å². The number of amides is 1. The number of carboxylic acid groups (broad SMARTS) is 1. The molecule has 0 fully saturated rings. The number of pyridine rings is 1. The van der Waals surface area contributed by atoms with Gasteiger partial charge in [0.2, 0.25) is 0 Å². The second-order valence-corrected chi connectivity index (χ2v) is 5.11. The fourth-order valence-corrected chi connectivity index (χ4v) is 2.77. The molecule has 0 aliphatic carbocycles. The second-order valence-electron chi connectivity index (χ2n) is 5.11. The van der Waals surface area contributed by atoms with Gasteiger partial charge in [-0.2, -0.15) is 0 Å². The Morgan fingerprint density at radius 2 is 2.23 bits per heavy atom. The average Bonchev–Trinajstić information content (AvgIpc) is 2.97. The number of fused-ring (bicyclic) bond motifs is 1. The highest BCUT2D eigenvalue weighted by Gasteiger charge is 2.25. The molecule has 1 amide bonds. The van der Waals surface area contributed by atoms with Gasteiger partial charge in [0.05, 0.1) is 11.3 Å². The number of aromatic carboxylic acids is 1. The summed E-state index contributed by atoms with van der Waals surface area (Å²) in [7, 11) is 0. The van der Waals surface area contributed by atoms with Crippen molar-refractivity contribution in [2.45, 2.75) is 20.3 Å². The van der Waals surface area contributed by atoms with E-state index in [4.69, 9.17) is 0 Å². The van der Waals surface area contributed by atoms with Crippen LogP contribution in [0.1, 0.15) is 39.8 Å². The van der Waals surface area contributed by atoms with Gasteiger partial charge in [-0.3, -0.25) is 9.78 Å². The van der Waals surface area contributed by atoms with Crippen molar-refractivity contribution in [2.75, 3.05) is 5.32 Å². The highest BCUT2D eigenvalue weighted by Crippen LogP contribution is 2.33. The van der Waals surface area contributed by atoms with Crippen LogP contribution in [0, 0.1) is 6.92 Å². The lowest BCUT2D eigenvalue weighted by molar-refractivity contribution is -0.110. The fourth-order valence-electron chi connectivity index (χ4n) is 2.77. The minimum Gasteiger partial charge on any atom is -0.477 e. The summed E-state index contributed by atoms with van der Waals surface area (Å²) >= 11 is 0. The number of carbonyl (C=O) groups excluding carboxylic acids is 1. The van der Waals surface area contributed by atoms with Gasteiger partial charge in [0, 0.05) is 23.7 Å². The maximum atomic E-state index is 12.1. The Labute approximate surface area is 126 Å². The van der Waals surface area contributed by atoms with Gasteiger partial charge < -0.3 is 15.4 Å². The first kappa shape index (κ1) is 14.1. The third-order valence-corrected chi connectivity index (χ3v) is 3.87. The second kappa shape index (κ2) is 5.14. The van der Waals surface area contributed by atoms with Crippen LogP contribution in [0.2, 0.25) is 0 Å². The fraction of sp³-hybridized carbons (Fsp3) is 0.188. The molecule has 0 spiro atoms. The number of hydrogen-bond donors (Lipinski definition) is 3. The van der Waals surface area contributed by atoms with Gasteiger partial charge in [0.25, 0.3) is 5.91 Å². The Balaban J connectivity index is 2.15. The molecule has 112 valence electrons. The Morgan fingerprint density at radius 3 is 2.91 bits per heavy atom. The molecular weight excluding hydrogens is 282 g/mol. The topological polar surface area (TPSA) is 95.1 Å². The maximum absolute atomic E-state index is 12.1.